The summed E-state index contributed by atoms with van der Waals surface area (Å²) in [5.41, 5.74) is 0. The summed E-state index contributed by atoms with van der Waals surface area (Å²) in [7, 11) is 0. The van der Waals surface area contributed by atoms with E-state index in [1.54, 1.807) is 0 Å². The molecule has 4 heavy (non-hydrogen) atoms. The van der Waals surface area contributed by atoms with Crippen LogP contribution in [0, 0.1) is 0 Å². The van der Waals surface area contributed by atoms with Gasteiger partial charge in [-0.3, -0.25) is 0 Å². The summed E-state index contributed by atoms with van der Waals surface area (Å²) >= 11 is 0. The first kappa shape index (κ1) is 40.0. The maximum Gasteiger partial charge on any atom is 1.00 e. The van der Waals surface area contributed by atoms with E-state index in [0.717, 1.165) is 0 Å². The molecule has 0 bridgehead atoms. The Kier molecular flexibility index (Phi) is 209. The minimum atomic E-state index is 0. The molecular weight excluding hydrogens is 172 g/mol. The second-order valence-corrected chi connectivity index (χ2v) is 0. The van der Waals surface area contributed by atoms with Crippen molar-refractivity contribution in [3.63, 3.8) is 0 Å². The van der Waals surface area contributed by atoms with Crippen molar-refractivity contribution in [2.45, 2.75) is 0 Å². The second-order valence-electron chi connectivity index (χ2n) is 0. The van der Waals surface area contributed by atoms with E-state index >= 15 is 0 Å². The van der Waals surface area contributed by atoms with Crippen LogP contribution in [0.5, 0.6) is 0 Å². The van der Waals surface area contributed by atoms with E-state index in [9.17, 15) is 0 Å². The first-order valence-corrected chi connectivity index (χ1v) is 0. The summed E-state index contributed by atoms with van der Waals surface area (Å²) < 4.78 is 0. The topological polar surface area (TPSA) is 0 Å². The van der Waals surface area contributed by atoms with Crippen LogP contribution in [0.25, 0.3) is 0 Å². The van der Waals surface area contributed by atoms with Crippen LogP contribution in [0.3, 0.4) is 0 Å². The summed E-state index contributed by atoms with van der Waals surface area (Å²) in [6.45, 7) is 0. The van der Waals surface area contributed by atoms with Crippen molar-refractivity contribution < 1.29 is 53.5 Å². The fourth-order valence-corrected chi connectivity index (χ4v) is 0. The summed E-state index contributed by atoms with van der Waals surface area (Å²) in [5, 5.41) is 0. The van der Waals surface area contributed by atoms with Gasteiger partial charge >= 0.3 is 29.6 Å². The Labute approximate surface area is 69.6 Å². The molecule has 0 saturated heterocycles. The van der Waals surface area contributed by atoms with Gasteiger partial charge in [-0.25, -0.2) is 0 Å². The maximum absolute atomic E-state index is 0. The van der Waals surface area contributed by atoms with Crippen LogP contribution in [0.4, 0.5) is 0 Å². The minimum absolute atomic E-state index is 0. The van der Waals surface area contributed by atoms with Gasteiger partial charge in [-0.1, -0.05) is 16.8 Å². The van der Waals surface area contributed by atoms with Gasteiger partial charge in [0.15, 0.2) is 0 Å². The third-order valence-electron chi connectivity index (χ3n) is 0. The van der Waals surface area contributed by atoms with Gasteiger partial charge in [0.1, 0.15) is 0 Å². The largest absolute Gasteiger partial charge is 1.00 e. The molecule has 0 heterocycles. The zero-order valence-corrected chi connectivity index (χ0v) is 6.00. The number of halogens is 1. The molecule has 0 atom stereocenters. The van der Waals surface area contributed by atoms with Gasteiger partial charge in [-0.15, -0.1) is 0 Å². The van der Waals surface area contributed by atoms with Gasteiger partial charge in [0, 0.05) is 0 Å². The van der Waals surface area contributed by atoms with Gasteiger partial charge in [-0.2, -0.15) is 0 Å². The molecular formula is H10B2INa. The van der Waals surface area contributed by atoms with E-state index in [4.69, 9.17) is 0 Å². The molecule has 0 aliphatic heterocycles. The van der Waals surface area contributed by atoms with E-state index < -0.39 is 0 Å². The predicted molar refractivity (Wildman–Crippen MR) is 25.5 cm³/mol. The zero-order valence-electron chi connectivity index (χ0n) is 1.45. The number of hydrogen-bond donors (Lipinski definition) is 0. The molecule has 0 rings (SSSR count). The predicted octanol–water partition coefficient (Wildman–Crippen LogP) is -9.43. The summed E-state index contributed by atoms with van der Waals surface area (Å²) in [6.07, 6.45) is 0. The summed E-state index contributed by atoms with van der Waals surface area (Å²) in [4.78, 5) is 0. The normalized spacial score (nSPS) is 0. The Balaban J connectivity index is 0. The van der Waals surface area contributed by atoms with Crippen molar-refractivity contribution >= 4 is 16.8 Å². The molecule has 0 radical (unpaired) electrons. The van der Waals surface area contributed by atoms with Gasteiger partial charge in [0.05, 0.1) is 0 Å². The van der Waals surface area contributed by atoms with E-state index in [2.05, 4.69) is 0 Å². The molecule has 0 nitrogen and oxygen atoms in total. The summed E-state index contributed by atoms with van der Waals surface area (Å²) in [5.74, 6) is 0. The molecule has 0 aromatic carbocycles. The average Bonchev–Trinajstić information content (AvgIpc) is 0. The van der Waals surface area contributed by atoms with Crippen LogP contribution in [0.1, 0.15) is 0 Å². The standard InChI is InChI=1S/2BH4.H2I.Na/h2*1H4;1H2;/q2*-1;2*+1. The number of hydrogen-bond acceptors (Lipinski definition) is 0. The second kappa shape index (κ2) is 20.9. The Morgan fingerprint density at radius 1 is 0.750 bits per heavy atom. The van der Waals surface area contributed by atoms with Crippen molar-refractivity contribution in [3.05, 3.63) is 0 Å². The molecule has 0 aliphatic carbocycles. The van der Waals surface area contributed by atoms with Crippen LogP contribution in [-0.4, -0.2) is 16.8 Å². The monoisotopic (exact) mass is 182 g/mol. The molecule has 4 heteroatoms. The fourth-order valence-electron chi connectivity index (χ4n) is 0. The van der Waals surface area contributed by atoms with Crippen molar-refractivity contribution in [3.8, 4) is 0 Å². The Hall–Kier alpha value is 1.86. The smallest absolute Gasteiger partial charge is 0.0626 e. The van der Waals surface area contributed by atoms with Crippen LogP contribution in [0.15, 0.2) is 0 Å². The first-order valence-electron chi connectivity index (χ1n) is 0. The molecule has 24 valence electrons. The third kappa shape index (κ3) is 9.13. The van der Waals surface area contributed by atoms with Gasteiger partial charge < -0.3 is 0 Å². The van der Waals surface area contributed by atoms with Gasteiger partial charge in [0.25, 0.3) is 0 Å². The molecule has 0 amide bonds. The van der Waals surface area contributed by atoms with Crippen LogP contribution < -0.4 is 53.5 Å². The minimum Gasteiger partial charge on any atom is -0.0626 e. The first-order chi connectivity index (χ1) is 0. The molecule has 0 aliphatic rings. The van der Waals surface area contributed by atoms with Crippen molar-refractivity contribution in [2.75, 3.05) is 0 Å². The van der Waals surface area contributed by atoms with Crippen molar-refractivity contribution in [1.29, 1.82) is 0 Å². The third-order valence-corrected chi connectivity index (χ3v) is 0. The number of rotatable bonds is 0. The van der Waals surface area contributed by atoms with Crippen LogP contribution in [-0.2, 0) is 0 Å². The molecule has 0 spiro atoms. The SMILES string of the molecule is [BH4-].[BH4-].[IH2+].[Na+]. The molecule has 0 fully saturated rings. The Morgan fingerprint density at radius 2 is 0.750 bits per heavy atom. The van der Waals surface area contributed by atoms with Crippen molar-refractivity contribution in [2.24, 2.45) is 0 Å². The van der Waals surface area contributed by atoms with E-state index in [0.29, 0.717) is 0 Å². The maximum atomic E-state index is 0. The van der Waals surface area contributed by atoms with Gasteiger partial charge in [0.2, 0.25) is 24.0 Å². The van der Waals surface area contributed by atoms with E-state index in [1.807, 2.05) is 0 Å². The average molecular weight is 182 g/mol. The van der Waals surface area contributed by atoms with E-state index in [1.165, 1.54) is 0 Å². The molecule has 0 unspecified atom stereocenters. The van der Waals surface area contributed by atoms with Crippen LogP contribution >= 0.6 is 0 Å². The zero-order chi connectivity index (χ0) is 0. The fraction of sp³-hybridized carbons (Fsp3) is 0. The molecule has 0 N–H and O–H groups in total. The van der Waals surface area contributed by atoms with E-state index in [-0.39, 0.29) is 70.4 Å². The molecule has 0 aromatic rings. The van der Waals surface area contributed by atoms with Crippen molar-refractivity contribution in [1.82, 2.24) is 0 Å². The quantitative estimate of drug-likeness (QED) is 0.257. The summed E-state index contributed by atoms with van der Waals surface area (Å²) in [6, 6.07) is 0. The Morgan fingerprint density at radius 3 is 0.750 bits per heavy atom. The molecule has 0 saturated carbocycles. The van der Waals surface area contributed by atoms with Crippen LogP contribution in [0.2, 0.25) is 0 Å². The van der Waals surface area contributed by atoms with Gasteiger partial charge in [-0.05, 0) is 0 Å². The molecule has 0 aromatic heterocycles. The Bertz CT molecular complexity index is 6.00.